The van der Waals surface area contributed by atoms with Crippen molar-refractivity contribution in [2.45, 2.75) is 26.8 Å². The second-order valence-corrected chi connectivity index (χ2v) is 6.52. The fourth-order valence-corrected chi connectivity index (χ4v) is 2.66. The molecule has 0 radical (unpaired) electrons. The topological polar surface area (TPSA) is 47.6 Å². The number of halogens is 1. The molecule has 0 bridgehead atoms. The van der Waals surface area contributed by atoms with Crippen LogP contribution in [0, 0.1) is 3.57 Å². The lowest BCUT2D eigenvalue weighted by atomic mass is 10.1. The van der Waals surface area contributed by atoms with E-state index < -0.39 is 0 Å². The van der Waals surface area contributed by atoms with Crippen LogP contribution in [0.1, 0.15) is 42.7 Å². The first-order valence-electron chi connectivity index (χ1n) is 8.01. The van der Waals surface area contributed by atoms with Crippen molar-refractivity contribution in [3.8, 4) is 11.5 Å². The second-order valence-electron chi connectivity index (χ2n) is 5.27. The van der Waals surface area contributed by atoms with E-state index in [2.05, 4.69) is 27.9 Å². The van der Waals surface area contributed by atoms with Crippen molar-refractivity contribution in [2.24, 2.45) is 0 Å². The van der Waals surface area contributed by atoms with Crippen LogP contribution in [0.25, 0.3) is 0 Å². The molecule has 0 aliphatic rings. The van der Waals surface area contributed by atoms with Gasteiger partial charge in [-0.25, -0.2) is 0 Å². The van der Waals surface area contributed by atoms with E-state index in [0.717, 1.165) is 14.9 Å². The van der Waals surface area contributed by atoms with Crippen LogP contribution in [0.2, 0.25) is 0 Å². The zero-order valence-corrected chi connectivity index (χ0v) is 16.3. The number of benzene rings is 2. The molecule has 5 heteroatoms. The summed E-state index contributed by atoms with van der Waals surface area (Å²) in [4.78, 5) is 12.4. The van der Waals surface area contributed by atoms with Crippen LogP contribution in [-0.2, 0) is 0 Å². The van der Waals surface area contributed by atoms with E-state index in [0.29, 0.717) is 24.5 Å². The first-order chi connectivity index (χ1) is 11.5. The van der Waals surface area contributed by atoms with E-state index in [1.54, 1.807) is 0 Å². The van der Waals surface area contributed by atoms with Crippen molar-refractivity contribution in [2.75, 3.05) is 13.2 Å². The number of rotatable bonds is 7. The first-order valence-corrected chi connectivity index (χ1v) is 9.09. The molecule has 0 aliphatic carbocycles. The molecule has 0 fully saturated rings. The molecule has 4 nitrogen and oxygen atoms in total. The van der Waals surface area contributed by atoms with E-state index in [9.17, 15) is 4.79 Å². The van der Waals surface area contributed by atoms with Gasteiger partial charge in [0.2, 0.25) is 0 Å². The third kappa shape index (κ3) is 4.87. The summed E-state index contributed by atoms with van der Waals surface area (Å²) in [5.74, 6) is 1.33. The Hall–Kier alpha value is -1.76. The summed E-state index contributed by atoms with van der Waals surface area (Å²) in [6.07, 6.45) is 0. The number of nitrogens with one attached hydrogen (secondary N) is 1. The zero-order valence-electron chi connectivity index (χ0n) is 14.1. The Bertz CT molecular complexity index is 686. The van der Waals surface area contributed by atoms with E-state index in [4.69, 9.17) is 9.47 Å². The van der Waals surface area contributed by atoms with Gasteiger partial charge in [-0.3, -0.25) is 4.79 Å². The molecule has 128 valence electrons. The van der Waals surface area contributed by atoms with Gasteiger partial charge in [-0.15, -0.1) is 0 Å². The molecule has 0 unspecified atom stereocenters. The van der Waals surface area contributed by atoms with Crippen molar-refractivity contribution in [3.05, 3.63) is 57.2 Å². The molecular weight excluding hydrogens is 417 g/mol. The largest absolute Gasteiger partial charge is 0.490 e. The number of ether oxygens (including phenoxy) is 2. The average molecular weight is 439 g/mol. The number of amides is 1. The zero-order chi connectivity index (χ0) is 17.5. The third-order valence-electron chi connectivity index (χ3n) is 3.52. The van der Waals surface area contributed by atoms with Crippen molar-refractivity contribution in [3.63, 3.8) is 0 Å². The summed E-state index contributed by atoms with van der Waals surface area (Å²) in [6.45, 7) is 6.97. The fraction of sp³-hybridized carbons (Fsp3) is 0.316. The Labute approximate surface area is 156 Å². The highest BCUT2D eigenvalue weighted by Gasteiger charge is 2.14. The molecule has 0 saturated carbocycles. The van der Waals surface area contributed by atoms with Gasteiger partial charge in [0.05, 0.1) is 19.3 Å². The van der Waals surface area contributed by atoms with Crippen molar-refractivity contribution in [1.29, 1.82) is 0 Å². The molecule has 1 N–H and O–H groups in total. The normalized spacial score (nSPS) is 11.7. The van der Waals surface area contributed by atoms with Crippen molar-refractivity contribution < 1.29 is 14.3 Å². The molecule has 1 amide bonds. The van der Waals surface area contributed by atoms with Crippen LogP contribution >= 0.6 is 22.6 Å². The van der Waals surface area contributed by atoms with Crippen LogP contribution < -0.4 is 14.8 Å². The average Bonchev–Trinajstić information content (AvgIpc) is 2.57. The minimum Gasteiger partial charge on any atom is -0.490 e. The predicted octanol–water partition coefficient (Wildman–Crippen LogP) is 4.58. The van der Waals surface area contributed by atoms with Crippen LogP contribution in [0.5, 0.6) is 11.5 Å². The van der Waals surface area contributed by atoms with Gasteiger partial charge in [0, 0.05) is 9.13 Å². The minimum atomic E-state index is -0.133. The molecular formula is C19H22INO3. The van der Waals surface area contributed by atoms with Crippen molar-refractivity contribution in [1.82, 2.24) is 5.32 Å². The summed E-state index contributed by atoms with van der Waals surface area (Å²) in [5.41, 5.74) is 1.62. The molecule has 0 aliphatic heterocycles. The maximum atomic E-state index is 12.4. The highest BCUT2D eigenvalue weighted by molar-refractivity contribution is 14.1. The number of carbonyl (C=O) groups excluding carboxylic acids is 1. The Balaban J connectivity index is 2.13. The monoisotopic (exact) mass is 439 g/mol. The molecule has 0 heterocycles. The minimum absolute atomic E-state index is 0.0919. The van der Waals surface area contributed by atoms with Gasteiger partial charge in [-0.05, 0) is 85.3 Å². The smallest absolute Gasteiger partial charge is 0.251 e. The lowest BCUT2D eigenvalue weighted by Crippen LogP contribution is -2.26. The maximum absolute atomic E-state index is 12.4. The Kier molecular flexibility index (Phi) is 6.90. The molecule has 0 saturated heterocycles. The van der Waals surface area contributed by atoms with Crippen molar-refractivity contribution >= 4 is 28.5 Å². The van der Waals surface area contributed by atoms with Gasteiger partial charge in [-0.1, -0.05) is 6.07 Å². The number of hydrogen-bond donors (Lipinski definition) is 1. The molecule has 2 rings (SSSR count). The molecule has 0 spiro atoms. The van der Waals surface area contributed by atoms with Crippen LogP contribution in [0.3, 0.4) is 0 Å². The van der Waals surface area contributed by atoms with Gasteiger partial charge in [0.15, 0.2) is 11.5 Å². The van der Waals surface area contributed by atoms with E-state index in [1.807, 2.05) is 63.2 Å². The standard InChI is InChI=1S/C19H22INO3/c1-4-23-17-11-8-15(12-18(17)24-5-2)13(3)21-19(22)14-6-9-16(20)10-7-14/h6-13H,4-5H2,1-3H3,(H,21,22)/t13-/m0/s1. The SMILES string of the molecule is CCOc1ccc([C@H](C)NC(=O)c2ccc(I)cc2)cc1OCC. The third-order valence-corrected chi connectivity index (χ3v) is 4.24. The molecule has 1 atom stereocenters. The lowest BCUT2D eigenvalue weighted by Gasteiger charge is -2.17. The first kappa shape index (κ1) is 18.6. The van der Waals surface area contributed by atoms with Gasteiger partial charge in [0.25, 0.3) is 5.91 Å². The highest BCUT2D eigenvalue weighted by atomic mass is 127. The number of carbonyl (C=O) groups is 1. The summed E-state index contributed by atoms with van der Waals surface area (Å²) in [7, 11) is 0. The van der Waals surface area contributed by atoms with E-state index in [-0.39, 0.29) is 11.9 Å². The van der Waals surface area contributed by atoms with Crippen LogP contribution in [0.15, 0.2) is 42.5 Å². The molecule has 2 aromatic carbocycles. The quantitative estimate of drug-likeness (QED) is 0.643. The van der Waals surface area contributed by atoms with Gasteiger partial charge in [0.1, 0.15) is 0 Å². The summed E-state index contributed by atoms with van der Waals surface area (Å²) >= 11 is 2.22. The van der Waals surface area contributed by atoms with E-state index >= 15 is 0 Å². The fourth-order valence-electron chi connectivity index (χ4n) is 2.30. The molecule has 24 heavy (non-hydrogen) atoms. The Morgan fingerprint density at radius 3 is 2.29 bits per heavy atom. The maximum Gasteiger partial charge on any atom is 0.251 e. The Morgan fingerprint density at radius 1 is 1.04 bits per heavy atom. The van der Waals surface area contributed by atoms with Crippen LogP contribution in [-0.4, -0.2) is 19.1 Å². The summed E-state index contributed by atoms with van der Waals surface area (Å²) < 4.78 is 12.3. The lowest BCUT2D eigenvalue weighted by molar-refractivity contribution is 0.0940. The van der Waals surface area contributed by atoms with E-state index in [1.165, 1.54) is 0 Å². The van der Waals surface area contributed by atoms with Gasteiger partial charge in [-0.2, -0.15) is 0 Å². The Morgan fingerprint density at radius 2 is 1.67 bits per heavy atom. The van der Waals surface area contributed by atoms with Gasteiger partial charge < -0.3 is 14.8 Å². The molecule has 0 aromatic heterocycles. The van der Waals surface area contributed by atoms with Crippen LogP contribution in [0.4, 0.5) is 0 Å². The summed E-state index contributed by atoms with van der Waals surface area (Å²) in [6, 6.07) is 13.1. The number of hydrogen-bond acceptors (Lipinski definition) is 3. The highest BCUT2D eigenvalue weighted by Crippen LogP contribution is 2.30. The predicted molar refractivity (Wildman–Crippen MR) is 104 cm³/mol. The second kappa shape index (κ2) is 8.92. The van der Waals surface area contributed by atoms with Gasteiger partial charge >= 0.3 is 0 Å². The molecule has 2 aromatic rings. The summed E-state index contributed by atoms with van der Waals surface area (Å²) in [5, 5.41) is 3.01.